The number of rotatable bonds is 3. The summed E-state index contributed by atoms with van der Waals surface area (Å²) in [6.45, 7) is 0. The number of carbonyl (C=O) groups excluding carboxylic acids is 2. The lowest BCUT2D eigenvalue weighted by Crippen LogP contribution is -2.37. The minimum atomic E-state index is -0.421. The van der Waals surface area contributed by atoms with Crippen LogP contribution < -0.4 is 15.0 Å². The predicted molar refractivity (Wildman–Crippen MR) is 112 cm³/mol. The van der Waals surface area contributed by atoms with E-state index in [1.165, 1.54) is 12.0 Å². The lowest BCUT2D eigenvalue weighted by Gasteiger charge is -2.27. The summed E-state index contributed by atoms with van der Waals surface area (Å²) in [5.74, 6) is 0.216. The number of alkyl halides is 1. The second-order valence-electron chi connectivity index (χ2n) is 6.87. The van der Waals surface area contributed by atoms with E-state index in [1.54, 1.807) is 37.2 Å². The molecule has 0 spiro atoms. The molecule has 1 N–H and O–H groups in total. The fraction of sp³-hybridized carbons (Fsp3) is 0.333. The molecule has 0 fully saturated rings. The maximum absolute atomic E-state index is 13.3. The van der Waals surface area contributed by atoms with Crippen molar-refractivity contribution in [2.45, 2.75) is 24.8 Å². The quantitative estimate of drug-likeness (QED) is 0.614. The van der Waals surface area contributed by atoms with Crippen LogP contribution in [0.15, 0.2) is 42.5 Å². The molecule has 0 saturated carbocycles. The van der Waals surface area contributed by atoms with E-state index < -0.39 is 5.50 Å². The van der Waals surface area contributed by atoms with Gasteiger partial charge in [0.2, 0.25) is 0 Å². The summed E-state index contributed by atoms with van der Waals surface area (Å²) >= 11 is 6.58. The second kappa shape index (κ2) is 8.52. The molecule has 1 aliphatic rings. The third-order valence-corrected chi connectivity index (χ3v) is 5.15. The molecule has 6 nitrogen and oxygen atoms in total. The molecular weight excluding hydrogens is 378 g/mol. The van der Waals surface area contributed by atoms with Crippen molar-refractivity contribution in [2.24, 2.45) is 0 Å². The Morgan fingerprint density at radius 1 is 1.21 bits per heavy atom. The van der Waals surface area contributed by atoms with Gasteiger partial charge in [0, 0.05) is 25.3 Å². The van der Waals surface area contributed by atoms with Gasteiger partial charge in [0.25, 0.3) is 5.91 Å². The summed E-state index contributed by atoms with van der Waals surface area (Å²) in [6.07, 6.45) is 2.53. The van der Waals surface area contributed by atoms with Crippen molar-refractivity contribution in [1.82, 2.24) is 4.90 Å². The Morgan fingerprint density at radius 3 is 2.68 bits per heavy atom. The highest BCUT2D eigenvalue weighted by Crippen LogP contribution is 2.34. The van der Waals surface area contributed by atoms with Crippen LogP contribution in [0.25, 0.3) is 0 Å². The Bertz CT molecular complexity index is 885. The van der Waals surface area contributed by atoms with Crippen molar-refractivity contribution in [3.8, 4) is 5.75 Å². The lowest BCUT2D eigenvalue weighted by atomic mass is 10.1. The van der Waals surface area contributed by atoms with E-state index in [0.717, 1.165) is 30.5 Å². The average Bonchev–Trinajstić information content (AvgIpc) is 2.85. The standard InChI is InChI=1S/C21H24ClN3O3/c1-24(2)21(27)23-16-12-11-15(13-18(16)28-3)20(26)25-17-9-5-4-7-14(17)8-6-10-19(25)22/h4-5,7,9,11-13,19H,6,8,10H2,1-3H3,(H,23,27). The number of amides is 3. The van der Waals surface area contributed by atoms with Crippen LogP contribution in [0, 0.1) is 0 Å². The largest absolute Gasteiger partial charge is 0.495 e. The molecule has 1 unspecified atom stereocenters. The highest BCUT2D eigenvalue weighted by Gasteiger charge is 2.29. The number of hydrogen-bond donors (Lipinski definition) is 1. The molecule has 7 heteroatoms. The first-order chi connectivity index (χ1) is 13.4. The maximum atomic E-state index is 13.3. The van der Waals surface area contributed by atoms with Gasteiger partial charge in [-0.25, -0.2) is 4.79 Å². The van der Waals surface area contributed by atoms with E-state index in [2.05, 4.69) is 5.32 Å². The summed E-state index contributed by atoms with van der Waals surface area (Å²) in [6, 6.07) is 12.5. The van der Waals surface area contributed by atoms with Gasteiger partial charge in [-0.3, -0.25) is 9.69 Å². The Kier molecular flexibility index (Phi) is 6.09. The number of aryl methyl sites for hydroxylation is 1. The van der Waals surface area contributed by atoms with Gasteiger partial charge in [-0.05, 0) is 49.1 Å². The molecule has 0 radical (unpaired) electrons. The molecule has 3 amide bonds. The van der Waals surface area contributed by atoms with Crippen LogP contribution in [0.5, 0.6) is 5.75 Å². The van der Waals surface area contributed by atoms with Crippen molar-refractivity contribution in [3.63, 3.8) is 0 Å². The zero-order valence-electron chi connectivity index (χ0n) is 16.2. The normalized spacial score (nSPS) is 16.0. The van der Waals surface area contributed by atoms with Gasteiger partial charge in [0.15, 0.2) is 0 Å². The smallest absolute Gasteiger partial charge is 0.321 e. The number of urea groups is 1. The van der Waals surface area contributed by atoms with Gasteiger partial charge >= 0.3 is 6.03 Å². The van der Waals surface area contributed by atoms with Crippen LogP contribution in [0.4, 0.5) is 16.2 Å². The number of fused-ring (bicyclic) bond motifs is 1. The molecule has 1 aliphatic heterocycles. The third kappa shape index (κ3) is 4.07. The highest BCUT2D eigenvalue weighted by molar-refractivity contribution is 6.26. The Morgan fingerprint density at radius 2 is 1.96 bits per heavy atom. The molecule has 2 aromatic carbocycles. The fourth-order valence-electron chi connectivity index (χ4n) is 3.23. The number of hydrogen-bond acceptors (Lipinski definition) is 3. The highest BCUT2D eigenvalue weighted by atomic mass is 35.5. The summed E-state index contributed by atoms with van der Waals surface area (Å²) in [4.78, 5) is 28.3. The molecule has 1 heterocycles. The topological polar surface area (TPSA) is 61.9 Å². The number of halogens is 1. The van der Waals surface area contributed by atoms with Crippen molar-refractivity contribution in [1.29, 1.82) is 0 Å². The van der Waals surface area contributed by atoms with Crippen LogP contribution in [-0.2, 0) is 6.42 Å². The second-order valence-corrected chi connectivity index (χ2v) is 7.37. The van der Waals surface area contributed by atoms with E-state index >= 15 is 0 Å². The molecular formula is C21H24ClN3O3. The number of nitrogens with zero attached hydrogens (tertiary/aromatic N) is 2. The molecule has 0 bridgehead atoms. The third-order valence-electron chi connectivity index (χ3n) is 4.73. The van der Waals surface area contributed by atoms with Gasteiger partial charge in [0.05, 0.1) is 12.8 Å². The van der Waals surface area contributed by atoms with Crippen LogP contribution in [0.2, 0.25) is 0 Å². The zero-order chi connectivity index (χ0) is 20.3. The summed E-state index contributed by atoms with van der Waals surface area (Å²) in [5, 5.41) is 2.75. The maximum Gasteiger partial charge on any atom is 0.321 e. The van der Waals surface area contributed by atoms with Gasteiger partial charge in [-0.1, -0.05) is 29.8 Å². The Labute approximate surface area is 170 Å². The van der Waals surface area contributed by atoms with Crippen LogP contribution in [0.3, 0.4) is 0 Å². The minimum absolute atomic E-state index is 0.196. The van der Waals surface area contributed by atoms with Crippen molar-refractivity contribution in [2.75, 3.05) is 31.4 Å². The number of methoxy groups -OCH3 is 1. The van der Waals surface area contributed by atoms with E-state index in [-0.39, 0.29) is 11.9 Å². The average molecular weight is 402 g/mol. The molecule has 0 saturated heterocycles. The predicted octanol–water partition coefficient (Wildman–Crippen LogP) is 4.34. The van der Waals surface area contributed by atoms with Crippen LogP contribution in [-0.4, -0.2) is 43.5 Å². The number of benzene rings is 2. The first-order valence-electron chi connectivity index (χ1n) is 9.14. The molecule has 148 valence electrons. The van der Waals surface area contributed by atoms with E-state index in [4.69, 9.17) is 16.3 Å². The molecule has 2 aromatic rings. The molecule has 3 rings (SSSR count). The summed E-state index contributed by atoms with van der Waals surface area (Å²) in [7, 11) is 4.80. The van der Waals surface area contributed by atoms with Gasteiger partial charge in [0.1, 0.15) is 11.3 Å². The Hall–Kier alpha value is -2.73. The van der Waals surface area contributed by atoms with Gasteiger partial charge in [-0.2, -0.15) is 0 Å². The molecule has 0 aliphatic carbocycles. The van der Waals surface area contributed by atoms with E-state index in [9.17, 15) is 9.59 Å². The monoisotopic (exact) mass is 401 g/mol. The number of ether oxygens (including phenoxy) is 1. The van der Waals surface area contributed by atoms with Gasteiger partial charge in [-0.15, -0.1) is 0 Å². The first-order valence-corrected chi connectivity index (χ1v) is 9.58. The van der Waals surface area contributed by atoms with Crippen molar-refractivity contribution >= 4 is 34.9 Å². The molecule has 1 atom stereocenters. The SMILES string of the molecule is COc1cc(C(=O)N2c3ccccc3CCCC2Cl)ccc1NC(=O)N(C)C. The summed E-state index contributed by atoms with van der Waals surface area (Å²) in [5.41, 5.74) is 2.48. The molecule has 28 heavy (non-hydrogen) atoms. The molecule has 0 aromatic heterocycles. The summed E-state index contributed by atoms with van der Waals surface area (Å²) < 4.78 is 5.39. The van der Waals surface area contributed by atoms with E-state index in [0.29, 0.717) is 17.0 Å². The lowest BCUT2D eigenvalue weighted by molar-refractivity contribution is 0.0983. The number of para-hydroxylation sites is 1. The number of anilines is 2. The fourth-order valence-corrected chi connectivity index (χ4v) is 3.58. The van der Waals surface area contributed by atoms with E-state index in [1.807, 2.05) is 24.3 Å². The minimum Gasteiger partial charge on any atom is -0.495 e. The number of carbonyl (C=O) groups is 2. The van der Waals surface area contributed by atoms with Crippen molar-refractivity contribution in [3.05, 3.63) is 53.6 Å². The van der Waals surface area contributed by atoms with Crippen LogP contribution in [0.1, 0.15) is 28.8 Å². The van der Waals surface area contributed by atoms with Crippen molar-refractivity contribution < 1.29 is 14.3 Å². The van der Waals surface area contributed by atoms with Crippen LogP contribution >= 0.6 is 11.6 Å². The van der Waals surface area contributed by atoms with Gasteiger partial charge < -0.3 is 15.0 Å². The Balaban J connectivity index is 1.95. The number of nitrogens with one attached hydrogen (secondary N) is 1. The first kappa shape index (κ1) is 20.0. The zero-order valence-corrected chi connectivity index (χ0v) is 17.0.